The summed E-state index contributed by atoms with van der Waals surface area (Å²) in [6.07, 6.45) is 3.38. The summed E-state index contributed by atoms with van der Waals surface area (Å²) < 4.78 is 24.8. The molecule has 0 spiro atoms. The number of fused-ring (bicyclic) bond motifs is 2. The number of hydrogen-bond donors (Lipinski definition) is 2. The number of carbonyl (C=O) groups excluding carboxylic acids is 1. The monoisotopic (exact) mass is 461 g/mol. The number of H-pyrrole nitrogens is 1. The fraction of sp³-hybridized carbons (Fsp3) is 0.208. The molecular weight excluding hydrogens is 438 g/mol. The Balaban J connectivity index is 1.53. The second-order valence-electron chi connectivity index (χ2n) is 8.23. The molecule has 3 heterocycles. The maximum atomic E-state index is 13.2. The number of amides is 1. The third-order valence-corrected chi connectivity index (χ3v) is 8.13. The molecule has 0 unspecified atom stereocenters. The summed E-state index contributed by atoms with van der Waals surface area (Å²) in [4.78, 5) is 27.5. The van der Waals surface area contributed by atoms with Gasteiger partial charge in [-0.2, -0.15) is 0 Å². The molecule has 0 bridgehead atoms. The van der Waals surface area contributed by atoms with Crippen molar-refractivity contribution in [2.45, 2.75) is 30.5 Å². The Morgan fingerprint density at radius 2 is 1.88 bits per heavy atom. The van der Waals surface area contributed by atoms with Crippen molar-refractivity contribution < 1.29 is 13.2 Å². The summed E-state index contributed by atoms with van der Waals surface area (Å²) in [6.45, 7) is 3.77. The molecule has 1 aliphatic heterocycles. The molecule has 168 valence electrons. The van der Waals surface area contributed by atoms with Crippen molar-refractivity contribution in [3.05, 3.63) is 66.0 Å². The number of aromatic amines is 1. The van der Waals surface area contributed by atoms with Crippen molar-refractivity contribution in [1.82, 2.24) is 15.0 Å². The van der Waals surface area contributed by atoms with Crippen LogP contribution in [0.25, 0.3) is 22.4 Å². The van der Waals surface area contributed by atoms with Crippen LogP contribution < -0.4 is 10.2 Å². The Kier molecular flexibility index (Phi) is 4.93. The molecule has 9 heteroatoms. The van der Waals surface area contributed by atoms with Gasteiger partial charge in [0.2, 0.25) is 0 Å². The van der Waals surface area contributed by atoms with Crippen LogP contribution in [-0.4, -0.2) is 41.6 Å². The van der Waals surface area contributed by atoms with Gasteiger partial charge in [0.25, 0.3) is 5.91 Å². The van der Waals surface area contributed by atoms with E-state index in [-0.39, 0.29) is 10.8 Å². The molecule has 2 aromatic carbocycles. The fourth-order valence-corrected chi connectivity index (χ4v) is 5.14. The number of nitrogens with one attached hydrogen (secondary N) is 2. The molecule has 0 saturated heterocycles. The quantitative estimate of drug-likeness (QED) is 0.465. The van der Waals surface area contributed by atoms with Gasteiger partial charge in [0, 0.05) is 24.5 Å². The van der Waals surface area contributed by atoms with E-state index in [1.807, 2.05) is 18.2 Å². The summed E-state index contributed by atoms with van der Waals surface area (Å²) >= 11 is 0. The lowest BCUT2D eigenvalue weighted by atomic mass is 10.1. The highest BCUT2D eigenvalue weighted by atomic mass is 32.2. The summed E-state index contributed by atoms with van der Waals surface area (Å²) in [5.74, 6) is -0.0914. The fourth-order valence-electron chi connectivity index (χ4n) is 4.08. The molecule has 1 aliphatic rings. The normalized spacial score (nSPS) is 13.7. The average molecular weight is 462 g/mol. The third-order valence-electron chi connectivity index (χ3n) is 5.96. The molecular formula is C24H23N5O3S. The zero-order valence-corrected chi connectivity index (χ0v) is 19.3. The van der Waals surface area contributed by atoms with Gasteiger partial charge in [0.1, 0.15) is 5.52 Å². The molecule has 33 heavy (non-hydrogen) atoms. The number of hydrogen-bond acceptors (Lipinski definition) is 6. The van der Waals surface area contributed by atoms with E-state index in [0.717, 1.165) is 16.8 Å². The van der Waals surface area contributed by atoms with Crippen molar-refractivity contribution >= 4 is 38.3 Å². The SMILES string of the molecule is CNc1cccc2c1C(=O)N(c1c[nH]c3ncc(-c4ccc(S(=O)(=O)C(C)C)cc4)nc13)C2. The topological polar surface area (TPSA) is 108 Å². The molecule has 0 saturated carbocycles. The Morgan fingerprint density at radius 3 is 2.58 bits per heavy atom. The van der Waals surface area contributed by atoms with Crippen molar-refractivity contribution in [3.8, 4) is 11.3 Å². The van der Waals surface area contributed by atoms with Crippen molar-refractivity contribution in [2.24, 2.45) is 0 Å². The van der Waals surface area contributed by atoms with E-state index < -0.39 is 15.1 Å². The lowest BCUT2D eigenvalue weighted by Crippen LogP contribution is -2.23. The van der Waals surface area contributed by atoms with Gasteiger partial charge in [-0.25, -0.2) is 18.4 Å². The molecule has 4 aromatic rings. The number of sulfone groups is 1. The molecule has 2 aromatic heterocycles. The highest BCUT2D eigenvalue weighted by molar-refractivity contribution is 7.92. The van der Waals surface area contributed by atoms with E-state index >= 15 is 0 Å². The van der Waals surface area contributed by atoms with Crippen LogP contribution in [-0.2, 0) is 16.4 Å². The molecule has 0 fully saturated rings. The van der Waals surface area contributed by atoms with E-state index in [1.165, 1.54) is 0 Å². The van der Waals surface area contributed by atoms with E-state index in [1.54, 1.807) is 62.5 Å². The predicted molar refractivity (Wildman–Crippen MR) is 128 cm³/mol. The molecule has 5 rings (SSSR count). The van der Waals surface area contributed by atoms with Gasteiger partial charge in [0.15, 0.2) is 15.5 Å². The standard InChI is InChI=1S/C24H23N5O3S/c1-14(2)33(31,32)17-9-7-15(8-10-17)19-11-26-23-22(28-19)20(12-27-23)29-13-16-5-4-6-18(25-3)21(16)24(29)30/h4-12,14,25H,13H2,1-3H3,(H,26,27). The van der Waals surface area contributed by atoms with E-state index in [0.29, 0.717) is 34.7 Å². The summed E-state index contributed by atoms with van der Waals surface area (Å²) in [5, 5.41) is 2.59. The van der Waals surface area contributed by atoms with Crippen LogP contribution in [0.3, 0.4) is 0 Å². The van der Waals surface area contributed by atoms with Crippen molar-refractivity contribution in [1.29, 1.82) is 0 Å². The third kappa shape index (κ3) is 3.36. The first-order chi connectivity index (χ1) is 15.8. The molecule has 8 nitrogen and oxygen atoms in total. The van der Waals surface area contributed by atoms with Gasteiger partial charge in [-0.15, -0.1) is 0 Å². The Labute approximate surface area is 191 Å². The van der Waals surface area contributed by atoms with Crippen molar-refractivity contribution in [2.75, 3.05) is 17.3 Å². The van der Waals surface area contributed by atoms with Gasteiger partial charge >= 0.3 is 0 Å². The highest BCUT2D eigenvalue weighted by Crippen LogP contribution is 2.36. The average Bonchev–Trinajstić information content (AvgIpc) is 3.39. The lowest BCUT2D eigenvalue weighted by Gasteiger charge is -2.14. The Hall–Kier alpha value is -3.72. The van der Waals surface area contributed by atoms with Gasteiger partial charge in [0.05, 0.1) is 39.8 Å². The first-order valence-electron chi connectivity index (χ1n) is 10.6. The van der Waals surface area contributed by atoms with Gasteiger partial charge in [-0.05, 0) is 37.6 Å². The first kappa shape index (κ1) is 21.1. The first-order valence-corrected chi connectivity index (χ1v) is 12.2. The van der Waals surface area contributed by atoms with Crippen LogP contribution >= 0.6 is 0 Å². The zero-order chi connectivity index (χ0) is 23.3. The highest BCUT2D eigenvalue weighted by Gasteiger charge is 2.32. The van der Waals surface area contributed by atoms with Gasteiger partial charge in [-0.3, -0.25) is 4.79 Å². The molecule has 0 atom stereocenters. The minimum Gasteiger partial charge on any atom is -0.387 e. The van der Waals surface area contributed by atoms with Crippen LogP contribution in [0.1, 0.15) is 29.8 Å². The van der Waals surface area contributed by atoms with Gasteiger partial charge < -0.3 is 15.2 Å². The number of carbonyl (C=O) groups is 1. The zero-order valence-electron chi connectivity index (χ0n) is 18.5. The van der Waals surface area contributed by atoms with Crippen LogP contribution in [0.4, 0.5) is 11.4 Å². The largest absolute Gasteiger partial charge is 0.387 e. The number of aromatic nitrogens is 3. The van der Waals surface area contributed by atoms with Crippen LogP contribution in [0.5, 0.6) is 0 Å². The minimum atomic E-state index is -3.35. The maximum absolute atomic E-state index is 13.2. The summed E-state index contributed by atoms with van der Waals surface area (Å²) in [6, 6.07) is 12.4. The Morgan fingerprint density at radius 1 is 1.12 bits per heavy atom. The maximum Gasteiger partial charge on any atom is 0.261 e. The summed E-state index contributed by atoms with van der Waals surface area (Å²) in [5.41, 5.74) is 5.56. The lowest BCUT2D eigenvalue weighted by molar-refractivity contribution is 0.0997. The van der Waals surface area contributed by atoms with Crippen LogP contribution in [0.2, 0.25) is 0 Å². The molecule has 0 radical (unpaired) electrons. The predicted octanol–water partition coefficient (Wildman–Crippen LogP) is 4.01. The number of benzene rings is 2. The van der Waals surface area contributed by atoms with Crippen LogP contribution in [0.15, 0.2) is 59.8 Å². The number of anilines is 2. The number of nitrogens with zero attached hydrogens (tertiary/aromatic N) is 3. The van der Waals surface area contributed by atoms with Crippen molar-refractivity contribution in [3.63, 3.8) is 0 Å². The van der Waals surface area contributed by atoms with E-state index in [2.05, 4.69) is 15.3 Å². The molecule has 1 amide bonds. The van der Waals surface area contributed by atoms with Crippen LogP contribution in [0, 0.1) is 0 Å². The van der Waals surface area contributed by atoms with E-state index in [9.17, 15) is 13.2 Å². The summed E-state index contributed by atoms with van der Waals surface area (Å²) in [7, 11) is -1.55. The second-order valence-corrected chi connectivity index (χ2v) is 10.7. The van der Waals surface area contributed by atoms with E-state index in [4.69, 9.17) is 4.98 Å². The number of rotatable bonds is 5. The molecule has 0 aliphatic carbocycles. The second kappa shape index (κ2) is 7.70. The minimum absolute atomic E-state index is 0.0914. The molecule has 2 N–H and O–H groups in total. The van der Waals surface area contributed by atoms with Gasteiger partial charge in [-0.1, -0.05) is 24.3 Å². The Bertz CT molecular complexity index is 1490. The smallest absolute Gasteiger partial charge is 0.261 e.